The number of rotatable bonds is 10. The molecule has 7 heteroatoms. The Balaban J connectivity index is 2.15. The smallest absolute Gasteiger partial charge is 0.261 e. The molecule has 1 atom stereocenters. The van der Waals surface area contributed by atoms with E-state index >= 15 is 0 Å². The minimum atomic E-state index is -0.625. The van der Waals surface area contributed by atoms with E-state index in [1.165, 1.54) is 5.56 Å². The summed E-state index contributed by atoms with van der Waals surface area (Å²) in [5.41, 5.74) is 2.12. The number of halogens is 2. The van der Waals surface area contributed by atoms with Crippen molar-refractivity contribution in [2.75, 3.05) is 13.2 Å². The zero-order chi connectivity index (χ0) is 23.8. The van der Waals surface area contributed by atoms with Gasteiger partial charge in [-0.15, -0.1) is 0 Å². The second-order valence-electron chi connectivity index (χ2n) is 8.60. The third-order valence-electron chi connectivity index (χ3n) is 5.09. The first-order valence-corrected chi connectivity index (χ1v) is 12.4. The van der Waals surface area contributed by atoms with Crippen molar-refractivity contribution in [3.8, 4) is 5.75 Å². The number of nitrogens with zero attached hydrogens (tertiary/aromatic N) is 1. The summed E-state index contributed by atoms with van der Waals surface area (Å²) in [5, 5.41) is 2.92. The van der Waals surface area contributed by atoms with Gasteiger partial charge in [-0.3, -0.25) is 9.59 Å². The lowest BCUT2D eigenvalue weighted by molar-refractivity contribution is -0.142. The highest BCUT2D eigenvalue weighted by molar-refractivity contribution is 9.10. The Hall–Kier alpha value is -1.86. The zero-order valence-electron chi connectivity index (χ0n) is 19.3. The first-order chi connectivity index (χ1) is 15.1. The van der Waals surface area contributed by atoms with E-state index in [4.69, 9.17) is 4.74 Å². The number of nitrogens with one attached hydrogen (secondary N) is 1. The average molecular weight is 568 g/mol. The topological polar surface area (TPSA) is 58.6 Å². The Kier molecular flexibility index (Phi) is 10.2. The fourth-order valence-electron chi connectivity index (χ4n) is 3.04. The molecule has 0 bridgehead atoms. The highest BCUT2D eigenvalue weighted by atomic mass is 79.9. The van der Waals surface area contributed by atoms with Gasteiger partial charge in [0.25, 0.3) is 5.91 Å². The third kappa shape index (κ3) is 7.93. The Labute approximate surface area is 208 Å². The molecule has 0 saturated carbocycles. The van der Waals surface area contributed by atoms with Crippen LogP contribution in [0, 0.1) is 5.92 Å². The lowest BCUT2D eigenvalue weighted by Crippen LogP contribution is -2.49. The fraction of sp³-hybridized carbons (Fsp3) is 0.440. The number of carbonyl (C=O) groups is 2. The van der Waals surface area contributed by atoms with Gasteiger partial charge in [-0.1, -0.05) is 61.8 Å². The lowest BCUT2D eigenvalue weighted by atomic mass is 10.0. The zero-order valence-corrected chi connectivity index (χ0v) is 22.5. The first kappa shape index (κ1) is 26.4. The Morgan fingerprint density at radius 2 is 1.66 bits per heavy atom. The van der Waals surface area contributed by atoms with Gasteiger partial charge in [-0.05, 0) is 70.1 Å². The molecule has 2 aromatic rings. The first-order valence-electron chi connectivity index (χ1n) is 10.8. The maximum absolute atomic E-state index is 13.2. The monoisotopic (exact) mass is 566 g/mol. The number of ether oxygens (including phenoxy) is 1. The van der Waals surface area contributed by atoms with Crippen molar-refractivity contribution < 1.29 is 14.3 Å². The standard InChI is InChI=1S/C25H32Br2N2O3/c1-16(2)13-28-25(31)18(5)29(14-19-6-9-21(26)10-7-19)24(30)15-32-23-11-8-20(17(3)4)12-22(23)27/h6-12,16-18H,13-15H2,1-5H3,(H,28,31). The average Bonchev–Trinajstić information content (AvgIpc) is 2.75. The molecule has 0 aromatic heterocycles. The summed E-state index contributed by atoms with van der Waals surface area (Å²) in [7, 11) is 0. The molecule has 0 saturated heterocycles. The van der Waals surface area contributed by atoms with Crippen molar-refractivity contribution in [2.24, 2.45) is 5.92 Å². The molecule has 1 unspecified atom stereocenters. The van der Waals surface area contributed by atoms with Crippen LogP contribution in [0.1, 0.15) is 51.7 Å². The predicted octanol–water partition coefficient (Wildman–Crippen LogP) is 5.90. The van der Waals surface area contributed by atoms with Crippen molar-refractivity contribution >= 4 is 43.7 Å². The van der Waals surface area contributed by atoms with Crippen LogP contribution in [-0.2, 0) is 16.1 Å². The molecule has 32 heavy (non-hydrogen) atoms. The lowest BCUT2D eigenvalue weighted by Gasteiger charge is -2.29. The van der Waals surface area contributed by atoms with E-state index in [9.17, 15) is 9.59 Å². The summed E-state index contributed by atoms with van der Waals surface area (Å²) >= 11 is 6.96. The Morgan fingerprint density at radius 3 is 2.22 bits per heavy atom. The number of amides is 2. The molecule has 0 aliphatic carbocycles. The van der Waals surface area contributed by atoms with Crippen molar-refractivity contribution in [3.05, 3.63) is 62.5 Å². The van der Waals surface area contributed by atoms with Crippen molar-refractivity contribution in [1.29, 1.82) is 0 Å². The number of benzene rings is 2. The van der Waals surface area contributed by atoms with Crippen LogP contribution in [-0.4, -0.2) is 35.9 Å². The Bertz CT molecular complexity index is 914. The van der Waals surface area contributed by atoms with Gasteiger partial charge in [0.15, 0.2) is 6.61 Å². The number of hydrogen-bond acceptors (Lipinski definition) is 3. The van der Waals surface area contributed by atoms with Gasteiger partial charge in [0, 0.05) is 17.6 Å². The third-order valence-corrected chi connectivity index (χ3v) is 6.24. The summed E-state index contributed by atoms with van der Waals surface area (Å²) in [6, 6.07) is 13.0. The Morgan fingerprint density at radius 1 is 1.00 bits per heavy atom. The molecule has 0 aliphatic rings. The minimum absolute atomic E-state index is 0.155. The largest absolute Gasteiger partial charge is 0.483 e. The van der Waals surface area contributed by atoms with E-state index in [1.54, 1.807) is 11.8 Å². The molecule has 1 N–H and O–H groups in total. The summed E-state index contributed by atoms with van der Waals surface area (Å²) in [5.74, 6) is 0.902. The molecule has 0 fully saturated rings. The molecule has 174 valence electrons. The molecule has 0 aliphatic heterocycles. The second-order valence-corrected chi connectivity index (χ2v) is 10.4. The molecule has 2 rings (SSSR count). The van der Waals surface area contributed by atoms with E-state index in [0.717, 1.165) is 14.5 Å². The van der Waals surface area contributed by atoms with Crippen molar-refractivity contribution in [1.82, 2.24) is 10.2 Å². The molecular weight excluding hydrogens is 536 g/mol. The highest BCUT2D eigenvalue weighted by Crippen LogP contribution is 2.29. The molecule has 0 radical (unpaired) electrons. The van der Waals surface area contributed by atoms with Crippen LogP contribution in [0.3, 0.4) is 0 Å². The van der Waals surface area contributed by atoms with Crippen LogP contribution < -0.4 is 10.1 Å². The highest BCUT2D eigenvalue weighted by Gasteiger charge is 2.26. The SMILES string of the molecule is CC(C)CNC(=O)C(C)N(Cc1ccc(Br)cc1)C(=O)COc1ccc(C(C)C)cc1Br. The number of carbonyl (C=O) groups excluding carboxylic acids is 2. The minimum Gasteiger partial charge on any atom is -0.483 e. The van der Waals surface area contributed by atoms with Gasteiger partial charge in [-0.2, -0.15) is 0 Å². The fourth-order valence-corrected chi connectivity index (χ4v) is 3.81. The van der Waals surface area contributed by atoms with E-state index in [2.05, 4.69) is 51.0 Å². The maximum Gasteiger partial charge on any atom is 0.261 e. The molecule has 2 aromatic carbocycles. The van der Waals surface area contributed by atoms with Crippen molar-refractivity contribution in [3.63, 3.8) is 0 Å². The van der Waals surface area contributed by atoms with Crippen LogP contribution in [0.2, 0.25) is 0 Å². The second kappa shape index (κ2) is 12.4. The molecule has 0 spiro atoms. The summed E-state index contributed by atoms with van der Waals surface area (Å²) < 4.78 is 7.58. The van der Waals surface area contributed by atoms with E-state index in [1.807, 2.05) is 56.3 Å². The van der Waals surface area contributed by atoms with Crippen LogP contribution in [0.4, 0.5) is 0 Å². The van der Waals surface area contributed by atoms with Crippen molar-refractivity contribution in [2.45, 2.75) is 53.1 Å². The van der Waals surface area contributed by atoms with E-state index in [0.29, 0.717) is 30.7 Å². The molecular formula is C25H32Br2N2O3. The van der Waals surface area contributed by atoms with Crippen LogP contribution in [0.25, 0.3) is 0 Å². The summed E-state index contributed by atoms with van der Waals surface area (Å²) in [6.07, 6.45) is 0. The molecule has 0 heterocycles. The van der Waals surface area contributed by atoms with E-state index < -0.39 is 6.04 Å². The van der Waals surface area contributed by atoms with Gasteiger partial charge in [0.05, 0.1) is 4.47 Å². The van der Waals surface area contributed by atoms with Gasteiger partial charge >= 0.3 is 0 Å². The predicted molar refractivity (Wildman–Crippen MR) is 136 cm³/mol. The van der Waals surface area contributed by atoms with Gasteiger partial charge in [0.2, 0.25) is 5.91 Å². The van der Waals surface area contributed by atoms with Crippen LogP contribution in [0.15, 0.2) is 51.4 Å². The normalized spacial score (nSPS) is 12.0. The van der Waals surface area contributed by atoms with Gasteiger partial charge in [0.1, 0.15) is 11.8 Å². The van der Waals surface area contributed by atoms with Crippen LogP contribution in [0.5, 0.6) is 5.75 Å². The number of hydrogen-bond donors (Lipinski definition) is 1. The maximum atomic E-state index is 13.2. The van der Waals surface area contributed by atoms with Crippen LogP contribution >= 0.6 is 31.9 Å². The van der Waals surface area contributed by atoms with E-state index in [-0.39, 0.29) is 18.4 Å². The summed E-state index contributed by atoms with van der Waals surface area (Å²) in [6.45, 7) is 10.8. The molecule has 5 nitrogen and oxygen atoms in total. The quantitative estimate of drug-likeness (QED) is 0.388. The van der Waals surface area contributed by atoms with Gasteiger partial charge in [-0.25, -0.2) is 0 Å². The van der Waals surface area contributed by atoms with Gasteiger partial charge < -0.3 is 15.0 Å². The summed E-state index contributed by atoms with van der Waals surface area (Å²) in [4.78, 5) is 27.4. The molecule has 2 amide bonds.